The van der Waals surface area contributed by atoms with Gasteiger partial charge in [-0.15, -0.1) is 40.5 Å². The van der Waals surface area contributed by atoms with Crippen molar-refractivity contribution in [1.29, 1.82) is 0 Å². The van der Waals surface area contributed by atoms with Crippen LogP contribution in [0.25, 0.3) is 53.5 Å². The fourth-order valence-corrected chi connectivity index (χ4v) is 7.43. The van der Waals surface area contributed by atoms with E-state index in [-0.39, 0.29) is 47.9 Å². The van der Waals surface area contributed by atoms with Gasteiger partial charge >= 0.3 is 0 Å². The van der Waals surface area contributed by atoms with Crippen LogP contribution in [0.3, 0.4) is 0 Å². The molecule has 0 saturated heterocycles. The van der Waals surface area contributed by atoms with Crippen LogP contribution >= 0.6 is 11.3 Å². The number of aliphatic hydroxyl groups excluding tert-OH is 1. The first-order chi connectivity index (χ1) is 23.7. The summed E-state index contributed by atoms with van der Waals surface area (Å²) in [6.07, 6.45) is 8.49. The third-order valence-corrected chi connectivity index (χ3v) is 12.1. The van der Waals surface area contributed by atoms with Crippen molar-refractivity contribution >= 4 is 48.9 Å². The summed E-state index contributed by atoms with van der Waals surface area (Å²) in [7, 11) is 0. The van der Waals surface area contributed by atoms with Crippen LogP contribution in [0.4, 0.5) is 0 Å². The summed E-state index contributed by atoms with van der Waals surface area (Å²) in [6.45, 7) is 21.0. The Kier molecular flexibility index (Phi) is 12.6. The van der Waals surface area contributed by atoms with Gasteiger partial charge < -0.3 is 9.52 Å². The number of aromatic nitrogens is 1. The monoisotopic (exact) mass is 879 g/mol. The second-order valence-electron chi connectivity index (χ2n) is 15.1. The van der Waals surface area contributed by atoms with Gasteiger partial charge in [-0.1, -0.05) is 104 Å². The quantitative estimate of drug-likeness (QED) is 0.0893. The van der Waals surface area contributed by atoms with Crippen LogP contribution in [0.2, 0.25) is 0 Å². The molecular formula is C45H52IrNO3S-. The molecule has 3 aromatic heterocycles. The molecule has 0 aliphatic carbocycles. The molecule has 0 atom stereocenters. The molecule has 0 aliphatic rings. The molecule has 3 heterocycles. The van der Waals surface area contributed by atoms with E-state index in [0.717, 1.165) is 47.9 Å². The molecule has 0 aliphatic heterocycles. The van der Waals surface area contributed by atoms with Crippen LogP contribution in [0.15, 0.2) is 89.4 Å². The number of aliphatic hydroxyl groups is 1. The Hall–Kier alpha value is -3.57. The Morgan fingerprint density at radius 1 is 0.882 bits per heavy atom. The number of aryl methyl sites for hydroxylation is 1. The van der Waals surface area contributed by atoms with E-state index in [0.29, 0.717) is 0 Å². The zero-order chi connectivity index (χ0) is 36.4. The van der Waals surface area contributed by atoms with Gasteiger partial charge in [-0.3, -0.25) is 9.78 Å². The van der Waals surface area contributed by atoms with Gasteiger partial charge in [-0.05, 0) is 72.7 Å². The molecule has 0 spiro atoms. The van der Waals surface area contributed by atoms with Crippen molar-refractivity contribution in [2.24, 2.45) is 10.8 Å². The van der Waals surface area contributed by atoms with Gasteiger partial charge in [-0.25, -0.2) is 0 Å². The molecule has 1 N–H and O–H groups in total. The first-order valence-electron chi connectivity index (χ1n) is 18.0. The second kappa shape index (κ2) is 16.0. The molecule has 1 radical (unpaired) electrons. The number of pyridine rings is 1. The minimum Gasteiger partial charge on any atom is -0.512 e. The average Bonchev–Trinajstić information content (AvgIpc) is 3.73. The maximum absolute atomic E-state index is 12.2. The first kappa shape index (κ1) is 40.2. The van der Waals surface area contributed by atoms with E-state index in [1.54, 1.807) is 11.3 Å². The smallest absolute Gasteiger partial charge is 0.164 e. The Morgan fingerprint density at radius 2 is 1.55 bits per heavy atom. The maximum Gasteiger partial charge on any atom is 0.164 e. The SMILES string of the molecule is CCC(C)(CC)C(=O)/C=C(\O)C(C)(CC)CC.Cc1coc2cc(-c3cc4ccnc(-c5[c-]c6ccccc6c(C(C)(C)C)c5)c4s3)ccc12.[Ir]. The van der Waals surface area contributed by atoms with Gasteiger partial charge in [0.25, 0.3) is 0 Å². The number of rotatable bonds is 9. The maximum atomic E-state index is 12.2. The van der Waals surface area contributed by atoms with E-state index >= 15 is 0 Å². The summed E-state index contributed by atoms with van der Waals surface area (Å²) in [5, 5.41) is 14.9. The molecule has 0 amide bonds. The van der Waals surface area contributed by atoms with Crippen molar-refractivity contribution in [3.8, 4) is 21.7 Å². The van der Waals surface area contributed by atoms with Crippen LogP contribution in [-0.2, 0) is 30.3 Å². The van der Waals surface area contributed by atoms with Crippen molar-refractivity contribution < 1.29 is 34.4 Å². The zero-order valence-electron chi connectivity index (χ0n) is 31.8. The van der Waals surface area contributed by atoms with Gasteiger partial charge in [-0.2, -0.15) is 0 Å². The van der Waals surface area contributed by atoms with Crippen molar-refractivity contribution in [1.82, 2.24) is 4.98 Å². The zero-order valence-corrected chi connectivity index (χ0v) is 35.0. The topological polar surface area (TPSA) is 63.3 Å². The Balaban J connectivity index is 0.000000279. The molecular weight excluding hydrogens is 827 g/mol. The predicted molar refractivity (Wildman–Crippen MR) is 213 cm³/mol. The Labute approximate surface area is 321 Å². The molecule has 3 aromatic carbocycles. The third-order valence-electron chi connectivity index (χ3n) is 10.9. The van der Waals surface area contributed by atoms with Gasteiger partial charge in [0.05, 0.1) is 6.26 Å². The number of furan rings is 1. The molecule has 4 nitrogen and oxygen atoms in total. The molecule has 0 saturated carbocycles. The largest absolute Gasteiger partial charge is 0.512 e. The van der Waals surface area contributed by atoms with Gasteiger partial charge in [0.15, 0.2) is 5.78 Å². The van der Waals surface area contributed by atoms with E-state index in [9.17, 15) is 9.90 Å². The standard InChI is InChI=1S/C30H24NOS.C15H28O2.Ir/c1-18-17-32-26-15-20(9-10-23(18)26)27-16-21-11-12-31-28(29(21)33-27)22-13-19-7-5-6-8-24(19)25(14-22)30(2,3)4;1-7-14(5,8-2)12(16)11-13(17)15(6,9-3)10-4;/h5-12,14-17H,1-4H3;11,16H,7-10H2,1-6H3;/q-1;;/b;12-11-;. The van der Waals surface area contributed by atoms with Crippen molar-refractivity contribution in [3.63, 3.8) is 0 Å². The molecule has 0 unspecified atom stereocenters. The number of thiophene rings is 1. The van der Waals surface area contributed by atoms with E-state index < -0.39 is 0 Å². The van der Waals surface area contributed by atoms with E-state index in [1.165, 1.54) is 48.5 Å². The number of hydrogen-bond donors (Lipinski definition) is 1. The Morgan fingerprint density at radius 3 is 2.20 bits per heavy atom. The number of hydrogen-bond acceptors (Lipinski definition) is 5. The fraction of sp³-hybridized carbons (Fsp3) is 0.378. The van der Waals surface area contributed by atoms with Crippen molar-refractivity contribution in [2.45, 2.75) is 100 Å². The van der Waals surface area contributed by atoms with Crippen LogP contribution in [0.1, 0.15) is 99.1 Å². The van der Waals surface area contributed by atoms with Crippen LogP contribution < -0.4 is 0 Å². The molecule has 51 heavy (non-hydrogen) atoms. The number of nitrogens with zero attached hydrogens (tertiary/aromatic N) is 1. The molecule has 6 heteroatoms. The van der Waals surface area contributed by atoms with Gasteiger partial charge in [0.2, 0.25) is 0 Å². The van der Waals surface area contributed by atoms with Crippen LogP contribution in [0.5, 0.6) is 0 Å². The van der Waals surface area contributed by atoms with Gasteiger partial charge in [0, 0.05) is 63.9 Å². The minimum atomic E-state index is -0.337. The normalized spacial score (nSPS) is 12.5. The van der Waals surface area contributed by atoms with Gasteiger partial charge in [0.1, 0.15) is 11.3 Å². The number of benzene rings is 3. The number of fused-ring (bicyclic) bond motifs is 3. The molecule has 6 aromatic rings. The number of ketones is 1. The minimum absolute atomic E-state index is 0. The van der Waals surface area contributed by atoms with Crippen LogP contribution in [0, 0.1) is 23.8 Å². The molecule has 0 fully saturated rings. The predicted octanol–water partition coefficient (Wildman–Crippen LogP) is 13.6. The second-order valence-corrected chi connectivity index (χ2v) is 16.2. The summed E-state index contributed by atoms with van der Waals surface area (Å²) >= 11 is 1.78. The summed E-state index contributed by atoms with van der Waals surface area (Å²) < 4.78 is 6.94. The number of carbonyl (C=O) groups excluding carboxylic acids is 1. The third kappa shape index (κ3) is 8.25. The van der Waals surface area contributed by atoms with Crippen molar-refractivity contribution in [3.05, 3.63) is 102 Å². The average molecular weight is 879 g/mol. The summed E-state index contributed by atoms with van der Waals surface area (Å²) in [5.74, 6) is 0.286. The van der Waals surface area contributed by atoms with E-state index in [2.05, 4.69) is 94.4 Å². The fourth-order valence-electron chi connectivity index (χ4n) is 6.27. The van der Waals surface area contributed by atoms with Crippen LogP contribution in [-0.4, -0.2) is 15.9 Å². The molecule has 6 rings (SSSR count). The van der Waals surface area contributed by atoms with Crippen molar-refractivity contribution in [2.75, 3.05) is 0 Å². The number of allylic oxidation sites excluding steroid dienone is 2. The summed E-state index contributed by atoms with van der Waals surface area (Å²) in [5.41, 5.74) is 6.05. The summed E-state index contributed by atoms with van der Waals surface area (Å²) in [6, 6.07) is 25.3. The molecule has 271 valence electrons. The Bertz CT molecular complexity index is 2170. The van der Waals surface area contributed by atoms with E-state index in [4.69, 9.17) is 9.40 Å². The molecule has 0 bridgehead atoms. The first-order valence-corrected chi connectivity index (χ1v) is 18.8. The van der Waals surface area contributed by atoms with E-state index in [1.807, 2.05) is 54.0 Å². The number of carbonyl (C=O) groups is 1. The summed E-state index contributed by atoms with van der Waals surface area (Å²) in [4.78, 5) is 18.2.